The fraction of sp³-hybridized carbons (Fsp3) is 0.435. The molecule has 2 atom stereocenters. The van der Waals surface area contributed by atoms with Crippen molar-refractivity contribution in [1.82, 2.24) is 9.97 Å². The minimum atomic E-state index is 0.109. The fourth-order valence-electron chi connectivity index (χ4n) is 4.12. The third-order valence-electron chi connectivity index (χ3n) is 5.97. The maximum absolute atomic E-state index is 6.47. The van der Waals surface area contributed by atoms with Gasteiger partial charge >= 0.3 is 0 Å². The van der Waals surface area contributed by atoms with Gasteiger partial charge in [0.15, 0.2) is 0 Å². The van der Waals surface area contributed by atoms with Crippen molar-refractivity contribution in [3.8, 4) is 0 Å². The van der Waals surface area contributed by atoms with E-state index in [1.807, 2.05) is 12.1 Å². The number of aromatic amines is 1. The highest BCUT2D eigenvalue weighted by molar-refractivity contribution is 6.31. The maximum atomic E-state index is 6.47. The number of imidazole rings is 1. The minimum absolute atomic E-state index is 0.109. The number of hydrogen-bond acceptors (Lipinski definition) is 2. The Bertz CT molecular complexity index is 940. The molecule has 2 aromatic carbocycles. The van der Waals surface area contributed by atoms with Crippen LogP contribution in [0.15, 0.2) is 42.5 Å². The average Bonchev–Trinajstić information content (AvgIpc) is 3.26. The molecule has 4 heteroatoms. The van der Waals surface area contributed by atoms with E-state index in [1.165, 1.54) is 11.1 Å². The molecule has 3 nitrogen and oxygen atoms in total. The van der Waals surface area contributed by atoms with E-state index in [4.69, 9.17) is 21.3 Å². The van der Waals surface area contributed by atoms with Crippen LogP contribution in [0.2, 0.25) is 5.02 Å². The molecule has 1 aromatic heterocycles. The molecule has 0 aliphatic carbocycles. The molecule has 3 aromatic rings. The summed E-state index contributed by atoms with van der Waals surface area (Å²) in [6.07, 6.45) is 1.92. The number of fused-ring (bicyclic) bond motifs is 1. The molecule has 2 unspecified atom stereocenters. The summed E-state index contributed by atoms with van der Waals surface area (Å²) >= 11 is 6.47. The normalized spacial score (nSPS) is 21.2. The van der Waals surface area contributed by atoms with Crippen LogP contribution >= 0.6 is 11.6 Å². The monoisotopic (exact) mass is 382 g/mol. The Balaban J connectivity index is 1.64. The minimum Gasteiger partial charge on any atom is -0.381 e. The molecule has 4 rings (SSSR count). The Labute approximate surface area is 166 Å². The molecule has 0 saturated carbocycles. The lowest BCUT2D eigenvalue weighted by Gasteiger charge is -2.22. The van der Waals surface area contributed by atoms with Gasteiger partial charge in [0.2, 0.25) is 0 Å². The Hall–Kier alpha value is -1.84. The lowest BCUT2D eigenvalue weighted by Crippen LogP contribution is -2.21. The van der Waals surface area contributed by atoms with E-state index in [0.717, 1.165) is 47.9 Å². The first-order valence-corrected chi connectivity index (χ1v) is 10.2. The van der Waals surface area contributed by atoms with E-state index in [2.05, 4.69) is 56.1 Å². The Kier molecular flexibility index (Phi) is 5.00. The number of H-pyrrole nitrogens is 1. The second-order valence-corrected chi connectivity index (χ2v) is 8.76. The van der Waals surface area contributed by atoms with Crippen molar-refractivity contribution in [2.45, 2.75) is 44.9 Å². The van der Waals surface area contributed by atoms with E-state index < -0.39 is 0 Å². The molecular formula is C23H27ClN2O. The van der Waals surface area contributed by atoms with E-state index in [9.17, 15) is 0 Å². The second-order valence-electron chi connectivity index (χ2n) is 8.35. The van der Waals surface area contributed by atoms with Gasteiger partial charge in [-0.05, 0) is 47.6 Å². The summed E-state index contributed by atoms with van der Waals surface area (Å²) in [5.41, 5.74) is 4.77. The average molecular weight is 383 g/mol. The van der Waals surface area contributed by atoms with Crippen molar-refractivity contribution >= 4 is 22.6 Å². The quantitative estimate of drug-likeness (QED) is 0.598. The predicted molar refractivity (Wildman–Crippen MR) is 112 cm³/mol. The zero-order valence-corrected chi connectivity index (χ0v) is 17.0. The van der Waals surface area contributed by atoms with Gasteiger partial charge in [-0.15, -0.1) is 0 Å². The van der Waals surface area contributed by atoms with Crippen LogP contribution in [-0.2, 0) is 16.6 Å². The number of benzene rings is 2. The van der Waals surface area contributed by atoms with Crippen LogP contribution in [0.4, 0.5) is 0 Å². The van der Waals surface area contributed by atoms with Gasteiger partial charge in [0.25, 0.3) is 0 Å². The standard InChI is InChI=1S/C23H27ClN2O/c1-15(2)18(17-6-4-5-7-19(17)24)13-22-25-20-9-8-16(12-21(20)26-22)23(3)10-11-27-14-23/h4-9,12,15,18H,10-11,13-14H2,1-3H3,(H,25,26). The van der Waals surface area contributed by atoms with Crippen LogP contribution in [-0.4, -0.2) is 23.2 Å². The maximum Gasteiger partial charge on any atom is 0.107 e. The predicted octanol–water partition coefficient (Wildman–Crippen LogP) is 5.88. The van der Waals surface area contributed by atoms with Gasteiger partial charge in [-0.3, -0.25) is 0 Å². The zero-order valence-electron chi connectivity index (χ0n) is 16.3. The van der Waals surface area contributed by atoms with Gasteiger partial charge in [0.1, 0.15) is 5.82 Å². The number of nitrogens with one attached hydrogen (secondary N) is 1. The van der Waals surface area contributed by atoms with E-state index in [1.54, 1.807) is 0 Å². The molecule has 2 heterocycles. The molecule has 0 radical (unpaired) electrons. The van der Waals surface area contributed by atoms with Gasteiger partial charge in [-0.25, -0.2) is 4.98 Å². The number of hydrogen-bond donors (Lipinski definition) is 1. The van der Waals surface area contributed by atoms with E-state index in [-0.39, 0.29) is 5.41 Å². The molecule has 0 amide bonds. The number of aromatic nitrogens is 2. The molecular weight excluding hydrogens is 356 g/mol. The molecule has 1 aliphatic rings. The third kappa shape index (κ3) is 3.63. The highest BCUT2D eigenvalue weighted by Crippen LogP contribution is 2.35. The third-order valence-corrected chi connectivity index (χ3v) is 6.31. The zero-order chi connectivity index (χ0) is 19.0. The first kappa shape index (κ1) is 18.5. The second kappa shape index (κ2) is 7.29. The molecule has 1 aliphatic heterocycles. The SMILES string of the molecule is CC(C)C(Cc1nc2ccc(C3(C)CCOC3)cc2[nH]1)c1ccccc1Cl. The largest absolute Gasteiger partial charge is 0.381 e. The Morgan fingerprint density at radius 3 is 2.74 bits per heavy atom. The van der Waals surface area contributed by atoms with Crippen molar-refractivity contribution in [3.63, 3.8) is 0 Å². The molecule has 27 heavy (non-hydrogen) atoms. The molecule has 1 saturated heterocycles. The lowest BCUT2D eigenvalue weighted by molar-refractivity contribution is 0.181. The van der Waals surface area contributed by atoms with Gasteiger partial charge < -0.3 is 9.72 Å². The fourth-order valence-corrected chi connectivity index (χ4v) is 4.39. The Morgan fingerprint density at radius 1 is 1.22 bits per heavy atom. The first-order valence-electron chi connectivity index (χ1n) is 9.77. The lowest BCUT2D eigenvalue weighted by atomic mass is 9.82. The summed E-state index contributed by atoms with van der Waals surface area (Å²) in [5, 5.41) is 0.837. The summed E-state index contributed by atoms with van der Waals surface area (Å²) in [5.74, 6) is 1.83. The van der Waals surface area contributed by atoms with Crippen molar-refractivity contribution in [2.24, 2.45) is 5.92 Å². The first-order chi connectivity index (χ1) is 13.0. The van der Waals surface area contributed by atoms with Gasteiger partial charge in [-0.2, -0.15) is 0 Å². The van der Waals surface area contributed by atoms with Gasteiger partial charge in [-0.1, -0.05) is 56.6 Å². The highest BCUT2D eigenvalue weighted by atomic mass is 35.5. The molecule has 142 valence electrons. The van der Waals surface area contributed by atoms with E-state index in [0.29, 0.717) is 11.8 Å². The smallest absolute Gasteiger partial charge is 0.107 e. The van der Waals surface area contributed by atoms with Crippen LogP contribution in [0, 0.1) is 5.92 Å². The summed E-state index contributed by atoms with van der Waals surface area (Å²) in [6, 6.07) is 14.7. The van der Waals surface area contributed by atoms with E-state index >= 15 is 0 Å². The molecule has 0 spiro atoms. The summed E-state index contributed by atoms with van der Waals surface area (Å²) in [4.78, 5) is 8.41. The van der Waals surface area contributed by atoms with Gasteiger partial charge in [0, 0.05) is 23.5 Å². The molecule has 1 N–H and O–H groups in total. The number of ether oxygens (including phenoxy) is 1. The van der Waals surface area contributed by atoms with Crippen LogP contribution in [0.25, 0.3) is 11.0 Å². The van der Waals surface area contributed by atoms with Crippen molar-refractivity contribution in [1.29, 1.82) is 0 Å². The topological polar surface area (TPSA) is 37.9 Å². The number of halogens is 1. The van der Waals surface area contributed by atoms with Crippen LogP contribution < -0.4 is 0 Å². The molecule has 1 fully saturated rings. The van der Waals surface area contributed by atoms with Crippen molar-refractivity contribution < 1.29 is 4.74 Å². The van der Waals surface area contributed by atoms with Crippen LogP contribution in [0.5, 0.6) is 0 Å². The molecule has 0 bridgehead atoms. The van der Waals surface area contributed by atoms with Crippen molar-refractivity contribution in [3.05, 3.63) is 64.4 Å². The van der Waals surface area contributed by atoms with Gasteiger partial charge in [0.05, 0.1) is 17.6 Å². The Morgan fingerprint density at radius 2 is 2.04 bits per heavy atom. The van der Waals surface area contributed by atoms with Crippen LogP contribution in [0.1, 0.15) is 50.1 Å². The van der Waals surface area contributed by atoms with Crippen LogP contribution in [0.3, 0.4) is 0 Å². The van der Waals surface area contributed by atoms with Crippen molar-refractivity contribution in [2.75, 3.05) is 13.2 Å². The summed E-state index contributed by atoms with van der Waals surface area (Å²) < 4.78 is 5.63. The summed E-state index contributed by atoms with van der Waals surface area (Å²) in [6.45, 7) is 8.41. The summed E-state index contributed by atoms with van der Waals surface area (Å²) in [7, 11) is 0. The number of rotatable bonds is 5. The highest BCUT2D eigenvalue weighted by Gasteiger charge is 2.32. The number of nitrogens with zero attached hydrogens (tertiary/aromatic N) is 1.